The van der Waals surface area contributed by atoms with Crippen LogP contribution in [0.25, 0.3) is 0 Å². The van der Waals surface area contributed by atoms with E-state index >= 15 is 0 Å². The van der Waals surface area contributed by atoms with E-state index < -0.39 is 47.9 Å². The summed E-state index contributed by atoms with van der Waals surface area (Å²) in [7, 11) is 0. The minimum absolute atomic E-state index is 0.108. The minimum Gasteiger partial charge on any atom is -0.387 e. The number of rotatable bonds is 3. The molecular formula is C21H30F2N4O4. The lowest BCUT2D eigenvalue weighted by atomic mass is 9.86. The molecule has 10 heteroatoms. The Kier molecular flexibility index (Phi) is 5.55. The summed E-state index contributed by atoms with van der Waals surface area (Å²) in [6.07, 6.45) is -3.16. The van der Waals surface area contributed by atoms with E-state index in [4.69, 9.17) is 15.2 Å². The second-order valence-electron chi connectivity index (χ2n) is 8.97. The van der Waals surface area contributed by atoms with Crippen molar-refractivity contribution in [3.05, 3.63) is 34.9 Å². The van der Waals surface area contributed by atoms with Gasteiger partial charge < -0.3 is 25.4 Å². The number of aliphatic hydroxyl groups is 2. The molecule has 4 aliphatic heterocycles. The van der Waals surface area contributed by atoms with Crippen LogP contribution in [-0.4, -0.2) is 71.3 Å². The summed E-state index contributed by atoms with van der Waals surface area (Å²) in [6, 6.07) is 2.53. The Balaban J connectivity index is 1.39. The Bertz CT molecular complexity index is 848. The molecule has 5 rings (SSSR count). The molecule has 8 nitrogen and oxygen atoms in total. The van der Waals surface area contributed by atoms with E-state index in [0.29, 0.717) is 18.8 Å². The van der Waals surface area contributed by atoms with Gasteiger partial charge in [0, 0.05) is 19.1 Å². The topological polar surface area (TPSA) is 112 Å². The van der Waals surface area contributed by atoms with Gasteiger partial charge in [0.05, 0.1) is 18.4 Å². The van der Waals surface area contributed by atoms with E-state index in [2.05, 4.69) is 10.6 Å². The Morgan fingerprint density at radius 1 is 1.29 bits per heavy atom. The van der Waals surface area contributed by atoms with Gasteiger partial charge in [0.15, 0.2) is 11.6 Å². The van der Waals surface area contributed by atoms with E-state index in [-0.39, 0.29) is 30.7 Å². The monoisotopic (exact) mass is 440 g/mol. The quantitative estimate of drug-likeness (QED) is 0.443. The standard InChI is InChI=1S/C21H30F2N4O4/c1-2-21(24)12-5-7-27(19(12)25-9-26-21)20-16(29)15(28)18(31-20)17-11-3-4-13(22)14(23)10(11)6-8-30-17/h3-4,12,15-20,25-26,28-29H,2,5-9,24H2,1H3/t12?,15-,16+,17+,18-,19?,20+,21?/m0/s1. The molecule has 172 valence electrons. The Morgan fingerprint density at radius 3 is 2.87 bits per heavy atom. The first-order chi connectivity index (χ1) is 14.9. The second-order valence-corrected chi connectivity index (χ2v) is 8.97. The molecule has 0 spiro atoms. The summed E-state index contributed by atoms with van der Waals surface area (Å²) in [6.45, 7) is 3.39. The van der Waals surface area contributed by atoms with Crippen molar-refractivity contribution in [3.8, 4) is 0 Å². The highest BCUT2D eigenvalue weighted by atomic mass is 19.2. The number of aliphatic hydroxyl groups excluding tert-OH is 2. The van der Waals surface area contributed by atoms with Gasteiger partial charge in [0.1, 0.15) is 30.6 Å². The largest absolute Gasteiger partial charge is 0.387 e. The van der Waals surface area contributed by atoms with Crippen LogP contribution in [0, 0.1) is 17.6 Å². The van der Waals surface area contributed by atoms with E-state index in [1.54, 1.807) is 0 Å². The lowest BCUT2D eigenvalue weighted by molar-refractivity contribution is -0.144. The molecule has 4 aliphatic rings. The SMILES string of the molecule is CCC1(N)NCNC2C1CCN2[C@@H]1O[C@H]([C@@H]2OCCc3c2ccc(F)c3F)[C@@H](O)[C@H]1O. The average Bonchev–Trinajstić information content (AvgIpc) is 3.33. The number of likely N-dealkylation sites (tertiary alicyclic amines) is 1. The van der Waals surface area contributed by atoms with Crippen LogP contribution in [0.5, 0.6) is 0 Å². The van der Waals surface area contributed by atoms with Crippen LogP contribution in [0.1, 0.15) is 37.0 Å². The van der Waals surface area contributed by atoms with Crippen molar-refractivity contribution in [3.63, 3.8) is 0 Å². The molecule has 8 atom stereocenters. The number of nitrogens with one attached hydrogen (secondary N) is 2. The van der Waals surface area contributed by atoms with Crippen LogP contribution in [0.4, 0.5) is 8.78 Å². The first-order valence-corrected chi connectivity index (χ1v) is 11.0. The molecule has 0 bridgehead atoms. The molecular weight excluding hydrogens is 410 g/mol. The van der Waals surface area contributed by atoms with Crippen LogP contribution >= 0.6 is 0 Å². The highest BCUT2D eigenvalue weighted by molar-refractivity contribution is 5.34. The first kappa shape index (κ1) is 21.6. The number of halogens is 2. The van der Waals surface area contributed by atoms with Gasteiger partial charge >= 0.3 is 0 Å². The third-order valence-electron chi connectivity index (χ3n) is 7.50. The highest BCUT2D eigenvalue weighted by Crippen LogP contribution is 2.42. The lowest BCUT2D eigenvalue weighted by Crippen LogP contribution is -2.71. The maximum Gasteiger partial charge on any atom is 0.162 e. The summed E-state index contributed by atoms with van der Waals surface area (Å²) in [5.74, 6) is -1.69. The molecule has 31 heavy (non-hydrogen) atoms. The van der Waals surface area contributed by atoms with Crippen molar-refractivity contribution in [1.82, 2.24) is 15.5 Å². The summed E-state index contributed by atoms with van der Waals surface area (Å²) >= 11 is 0. The lowest BCUT2D eigenvalue weighted by Gasteiger charge is -2.46. The Morgan fingerprint density at radius 2 is 2.10 bits per heavy atom. The fourth-order valence-corrected chi connectivity index (χ4v) is 5.73. The maximum atomic E-state index is 14.3. The zero-order valence-corrected chi connectivity index (χ0v) is 17.4. The number of nitrogens with zero attached hydrogens (tertiary/aromatic N) is 1. The normalized spacial score (nSPS) is 43.1. The fraction of sp³-hybridized carbons (Fsp3) is 0.714. The third-order valence-corrected chi connectivity index (χ3v) is 7.50. The second kappa shape index (κ2) is 7.96. The minimum atomic E-state index is -1.23. The number of hydrogen-bond donors (Lipinski definition) is 5. The summed E-state index contributed by atoms with van der Waals surface area (Å²) in [5, 5.41) is 28.4. The third kappa shape index (κ3) is 3.32. The molecule has 0 amide bonds. The summed E-state index contributed by atoms with van der Waals surface area (Å²) in [5.41, 5.74) is 6.75. The van der Waals surface area contributed by atoms with E-state index in [0.717, 1.165) is 18.9 Å². The van der Waals surface area contributed by atoms with Gasteiger partial charge in [-0.2, -0.15) is 0 Å². The van der Waals surface area contributed by atoms with Crippen molar-refractivity contribution in [2.45, 2.75) is 68.7 Å². The molecule has 1 aromatic carbocycles. The van der Waals surface area contributed by atoms with Crippen LogP contribution in [0.15, 0.2) is 12.1 Å². The molecule has 1 aromatic rings. The number of nitrogens with two attached hydrogens (primary N) is 1. The predicted octanol–water partition coefficient (Wildman–Crippen LogP) is -0.111. The Hall–Kier alpha value is -1.24. The summed E-state index contributed by atoms with van der Waals surface area (Å²) in [4.78, 5) is 2.01. The molecule has 4 heterocycles. The van der Waals surface area contributed by atoms with E-state index in [1.807, 2.05) is 11.8 Å². The zero-order valence-electron chi connectivity index (χ0n) is 17.4. The van der Waals surface area contributed by atoms with Gasteiger partial charge in [-0.15, -0.1) is 0 Å². The number of benzene rings is 1. The first-order valence-electron chi connectivity index (χ1n) is 11.0. The molecule has 0 radical (unpaired) electrons. The predicted molar refractivity (Wildman–Crippen MR) is 106 cm³/mol. The van der Waals surface area contributed by atoms with Gasteiger partial charge in [-0.3, -0.25) is 15.5 Å². The Labute approximate surface area is 179 Å². The number of ether oxygens (including phenoxy) is 2. The van der Waals surface area contributed by atoms with Gasteiger partial charge in [-0.25, -0.2) is 8.78 Å². The van der Waals surface area contributed by atoms with Gasteiger partial charge in [0.25, 0.3) is 0 Å². The van der Waals surface area contributed by atoms with Crippen LogP contribution in [0.3, 0.4) is 0 Å². The average molecular weight is 440 g/mol. The number of fused-ring (bicyclic) bond motifs is 2. The smallest absolute Gasteiger partial charge is 0.162 e. The van der Waals surface area contributed by atoms with Crippen molar-refractivity contribution >= 4 is 0 Å². The van der Waals surface area contributed by atoms with E-state index in [1.165, 1.54) is 6.07 Å². The molecule has 0 aliphatic carbocycles. The summed E-state index contributed by atoms with van der Waals surface area (Å²) < 4.78 is 40.0. The molecule has 3 unspecified atom stereocenters. The molecule has 3 saturated heterocycles. The van der Waals surface area contributed by atoms with Gasteiger partial charge in [0.2, 0.25) is 0 Å². The van der Waals surface area contributed by atoms with Gasteiger partial charge in [-0.05, 0) is 36.5 Å². The molecule has 0 aromatic heterocycles. The highest BCUT2D eigenvalue weighted by Gasteiger charge is 2.56. The zero-order chi connectivity index (χ0) is 21.9. The van der Waals surface area contributed by atoms with Crippen molar-refractivity contribution < 1.29 is 28.5 Å². The van der Waals surface area contributed by atoms with Crippen molar-refractivity contribution in [2.75, 3.05) is 19.8 Å². The van der Waals surface area contributed by atoms with Gasteiger partial charge in [-0.1, -0.05) is 13.0 Å². The van der Waals surface area contributed by atoms with Crippen LogP contribution < -0.4 is 16.4 Å². The molecule has 0 saturated carbocycles. The fourth-order valence-electron chi connectivity index (χ4n) is 5.73. The van der Waals surface area contributed by atoms with E-state index in [9.17, 15) is 19.0 Å². The molecule has 3 fully saturated rings. The van der Waals surface area contributed by atoms with Crippen LogP contribution in [0.2, 0.25) is 0 Å². The maximum absolute atomic E-state index is 14.3. The number of hydrogen-bond acceptors (Lipinski definition) is 8. The van der Waals surface area contributed by atoms with Crippen molar-refractivity contribution in [2.24, 2.45) is 11.7 Å². The van der Waals surface area contributed by atoms with Crippen LogP contribution in [-0.2, 0) is 15.9 Å². The molecule has 6 N–H and O–H groups in total. The van der Waals surface area contributed by atoms with Crippen molar-refractivity contribution in [1.29, 1.82) is 0 Å².